The number of esters is 1. The predicted octanol–water partition coefficient (Wildman–Crippen LogP) is 3.53. The number of carbonyl (C=O) groups excluding carboxylic acids is 2. The van der Waals surface area contributed by atoms with Crippen LogP contribution in [0.2, 0.25) is 0 Å². The maximum absolute atomic E-state index is 12.0. The second-order valence-corrected chi connectivity index (χ2v) is 7.41. The largest absolute Gasteiger partial charge is 0.492 e. The van der Waals surface area contributed by atoms with E-state index < -0.39 is 5.97 Å². The average molecular weight is 402 g/mol. The van der Waals surface area contributed by atoms with Crippen LogP contribution in [-0.4, -0.2) is 36.6 Å². The van der Waals surface area contributed by atoms with E-state index in [1.165, 1.54) is 11.3 Å². The van der Waals surface area contributed by atoms with Gasteiger partial charge < -0.3 is 14.8 Å². The van der Waals surface area contributed by atoms with Gasteiger partial charge in [-0.25, -0.2) is 9.78 Å². The summed E-state index contributed by atoms with van der Waals surface area (Å²) in [5.41, 5.74) is 1.31. The molecule has 0 atom stereocenters. The van der Waals surface area contributed by atoms with Gasteiger partial charge in [-0.2, -0.15) is 0 Å². The Labute approximate surface area is 164 Å². The van der Waals surface area contributed by atoms with Crippen molar-refractivity contribution in [3.63, 3.8) is 0 Å². The van der Waals surface area contributed by atoms with Crippen molar-refractivity contribution in [2.24, 2.45) is 0 Å². The molecule has 0 saturated carbocycles. The van der Waals surface area contributed by atoms with E-state index in [0.717, 1.165) is 21.2 Å². The monoisotopic (exact) mass is 402 g/mol. The molecule has 27 heavy (non-hydrogen) atoms. The number of amides is 1. The molecule has 2 heterocycles. The summed E-state index contributed by atoms with van der Waals surface area (Å²) in [7, 11) is 0. The van der Waals surface area contributed by atoms with E-state index in [-0.39, 0.29) is 18.2 Å². The van der Waals surface area contributed by atoms with E-state index in [4.69, 9.17) is 9.47 Å². The van der Waals surface area contributed by atoms with Crippen LogP contribution in [0.4, 0.5) is 0 Å². The van der Waals surface area contributed by atoms with Crippen LogP contribution in [-0.2, 0) is 9.53 Å². The summed E-state index contributed by atoms with van der Waals surface area (Å²) in [5.74, 6) is -0.245. The number of hydrogen-bond donors (Lipinski definition) is 1. The van der Waals surface area contributed by atoms with Gasteiger partial charge in [0, 0.05) is 5.38 Å². The van der Waals surface area contributed by atoms with Crippen LogP contribution < -0.4 is 10.1 Å². The molecular formula is C19H18N2O4S2. The van der Waals surface area contributed by atoms with Gasteiger partial charge in [0.05, 0.1) is 11.4 Å². The van der Waals surface area contributed by atoms with Gasteiger partial charge in [-0.05, 0) is 36.1 Å². The van der Waals surface area contributed by atoms with Crippen LogP contribution in [0.15, 0.2) is 47.2 Å². The third-order valence-corrected chi connectivity index (χ3v) is 5.34. The van der Waals surface area contributed by atoms with Gasteiger partial charge in [0.1, 0.15) is 17.4 Å². The second-order valence-electron chi connectivity index (χ2n) is 5.61. The zero-order chi connectivity index (χ0) is 19.1. The number of aryl methyl sites for hydroxylation is 1. The molecule has 2 aromatic heterocycles. The fourth-order valence-corrected chi connectivity index (χ4v) is 3.80. The summed E-state index contributed by atoms with van der Waals surface area (Å²) in [6, 6.07) is 11.5. The lowest BCUT2D eigenvalue weighted by Gasteiger charge is -2.08. The number of ether oxygens (including phenoxy) is 2. The molecule has 0 radical (unpaired) electrons. The zero-order valence-electron chi connectivity index (χ0n) is 14.6. The number of thiazole rings is 1. The number of carbonyl (C=O) groups is 2. The smallest absolute Gasteiger partial charge is 0.358 e. The fourth-order valence-electron chi connectivity index (χ4n) is 2.20. The van der Waals surface area contributed by atoms with Gasteiger partial charge in [-0.15, -0.1) is 22.7 Å². The molecule has 6 nitrogen and oxygen atoms in total. The Hall–Kier alpha value is -2.71. The van der Waals surface area contributed by atoms with Crippen molar-refractivity contribution < 1.29 is 19.1 Å². The highest BCUT2D eigenvalue weighted by Crippen LogP contribution is 2.27. The van der Waals surface area contributed by atoms with Gasteiger partial charge in [-0.3, -0.25) is 4.79 Å². The van der Waals surface area contributed by atoms with E-state index in [1.807, 2.05) is 48.7 Å². The van der Waals surface area contributed by atoms with E-state index in [2.05, 4.69) is 10.3 Å². The van der Waals surface area contributed by atoms with Crippen LogP contribution in [0.25, 0.3) is 9.88 Å². The molecule has 0 unspecified atom stereocenters. The van der Waals surface area contributed by atoms with Crippen LogP contribution in [0.3, 0.4) is 0 Å². The molecule has 0 aliphatic rings. The third kappa shape index (κ3) is 5.63. The Kier molecular flexibility index (Phi) is 6.56. The Balaban J connectivity index is 1.37. The van der Waals surface area contributed by atoms with Gasteiger partial charge in [0.2, 0.25) is 0 Å². The van der Waals surface area contributed by atoms with Crippen molar-refractivity contribution in [1.82, 2.24) is 10.3 Å². The highest BCUT2D eigenvalue weighted by Gasteiger charge is 2.15. The first-order valence-electron chi connectivity index (χ1n) is 8.24. The summed E-state index contributed by atoms with van der Waals surface area (Å²) in [4.78, 5) is 29.0. The predicted molar refractivity (Wildman–Crippen MR) is 105 cm³/mol. The van der Waals surface area contributed by atoms with Crippen molar-refractivity contribution in [1.29, 1.82) is 0 Å². The molecule has 0 fully saturated rings. The molecule has 0 aliphatic heterocycles. The van der Waals surface area contributed by atoms with Crippen LogP contribution in [0, 0.1) is 6.92 Å². The first-order chi connectivity index (χ1) is 13.1. The molecule has 3 rings (SSSR count). The van der Waals surface area contributed by atoms with Gasteiger partial charge in [0.15, 0.2) is 12.3 Å². The summed E-state index contributed by atoms with van der Waals surface area (Å²) in [6.07, 6.45) is 0. The molecule has 3 aromatic rings. The van der Waals surface area contributed by atoms with E-state index in [9.17, 15) is 9.59 Å². The van der Waals surface area contributed by atoms with Gasteiger partial charge in [0.25, 0.3) is 5.91 Å². The van der Waals surface area contributed by atoms with Gasteiger partial charge in [-0.1, -0.05) is 18.2 Å². The maximum atomic E-state index is 12.0. The molecule has 1 amide bonds. The van der Waals surface area contributed by atoms with Crippen molar-refractivity contribution in [3.05, 3.63) is 58.4 Å². The van der Waals surface area contributed by atoms with E-state index in [0.29, 0.717) is 13.2 Å². The number of nitrogens with zero attached hydrogens (tertiary/aromatic N) is 1. The van der Waals surface area contributed by atoms with Crippen molar-refractivity contribution in [3.8, 4) is 15.6 Å². The lowest BCUT2D eigenvalue weighted by molar-refractivity contribution is -0.124. The average Bonchev–Trinajstić information content (AvgIpc) is 3.34. The number of rotatable bonds is 8. The topological polar surface area (TPSA) is 77.5 Å². The summed E-state index contributed by atoms with van der Waals surface area (Å²) >= 11 is 2.92. The molecule has 8 heteroatoms. The first-order valence-corrected chi connectivity index (χ1v) is 10.0. The summed E-state index contributed by atoms with van der Waals surface area (Å²) < 4.78 is 10.5. The van der Waals surface area contributed by atoms with Crippen molar-refractivity contribution >= 4 is 34.6 Å². The molecule has 0 bridgehead atoms. The van der Waals surface area contributed by atoms with Crippen LogP contribution in [0.5, 0.6) is 5.75 Å². The highest BCUT2D eigenvalue weighted by molar-refractivity contribution is 7.20. The van der Waals surface area contributed by atoms with Crippen molar-refractivity contribution in [2.75, 3.05) is 19.8 Å². The van der Waals surface area contributed by atoms with E-state index >= 15 is 0 Å². The number of aromatic nitrogens is 1. The molecule has 0 aliphatic carbocycles. The number of hydrogen-bond acceptors (Lipinski definition) is 7. The lowest BCUT2D eigenvalue weighted by atomic mass is 10.2. The molecular weight excluding hydrogens is 384 g/mol. The Bertz CT molecular complexity index is 906. The third-order valence-electron chi connectivity index (χ3n) is 3.46. The molecule has 1 aromatic carbocycles. The van der Waals surface area contributed by atoms with Crippen LogP contribution >= 0.6 is 22.7 Å². The normalized spacial score (nSPS) is 10.4. The number of thiophene rings is 1. The lowest BCUT2D eigenvalue weighted by Crippen LogP contribution is -2.32. The Morgan fingerprint density at radius 2 is 2.07 bits per heavy atom. The second kappa shape index (κ2) is 9.29. The first kappa shape index (κ1) is 19.1. The zero-order valence-corrected chi connectivity index (χ0v) is 16.3. The maximum Gasteiger partial charge on any atom is 0.358 e. The minimum absolute atomic E-state index is 0.207. The van der Waals surface area contributed by atoms with Gasteiger partial charge >= 0.3 is 5.97 Å². The fraction of sp³-hybridized carbons (Fsp3) is 0.211. The Morgan fingerprint density at radius 1 is 1.19 bits per heavy atom. The Morgan fingerprint density at radius 3 is 2.85 bits per heavy atom. The molecule has 1 N–H and O–H groups in total. The SMILES string of the molecule is Cc1cccc(OCCNC(=O)COC(=O)c2csc(-c3cccs3)n2)c1. The van der Waals surface area contributed by atoms with Crippen molar-refractivity contribution in [2.45, 2.75) is 6.92 Å². The number of benzene rings is 1. The highest BCUT2D eigenvalue weighted by atomic mass is 32.1. The number of nitrogens with one attached hydrogen (secondary N) is 1. The van der Waals surface area contributed by atoms with Crippen LogP contribution in [0.1, 0.15) is 16.1 Å². The quantitative estimate of drug-likeness (QED) is 0.461. The molecule has 140 valence electrons. The summed E-state index contributed by atoms with van der Waals surface area (Å²) in [6.45, 7) is 2.28. The summed E-state index contributed by atoms with van der Waals surface area (Å²) in [5, 5.41) is 6.98. The molecule has 0 saturated heterocycles. The minimum atomic E-state index is -0.611. The van der Waals surface area contributed by atoms with E-state index in [1.54, 1.807) is 16.7 Å². The standard InChI is InChI=1S/C19H18N2O4S2/c1-13-4-2-5-14(10-13)24-8-7-20-17(22)11-25-19(23)15-12-27-18(21-15)16-6-3-9-26-16/h2-6,9-10,12H,7-8,11H2,1H3,(H,20,22). The minimum Gasteiger partial charge on any atom is -0.492 e. The molecule has 0 spiro atoms.